The molecule has 0 bridgehead atoms. The molecule has 0 aromatic heterocycles. The Kier molecular flexibility index (Phi) is 14.5. The molecule has 0 aliphatic carbocycles. The van der Waals surface area contributed by atoms with Crippen LogP contribution < -0.4 is 37.3 Å². The fraction of sp³-hybridized carbons (Fsp3) is 1.00. The molecule has 0 aromatic rings. The average molecular weight is 348 g/mol. The zero-order chi connectivity index (χ0) is 11.7. The van der Waals surface area contributed by atoms with Crippen molar-refractivity contribution >= 4 is 21.1 Å². The summed E-state index contributed by atoms with van der Waals surface area (Å²) in [5.41, 5.74) is 0. The third kappa shape index (κ3) is 1420. The Labute approximate surface area is 88.7 Å². The minimum absolute atomic E-state index is 0.230. The van der Waals surface area contributed by atoms with Crippen LogP contribution in [0.1, 0.15) is 0 Å². The molecule has 0 atom stereocenters. The van der Waals surface area contributed by atoms with Crippen molar-refractivity contribution < 1.29 is 57.8 Å². The molecule has 0 aliphatic heterocycles. The van der Waals surface area contributed by atoms with Crippen molar-refractivity contribution in [3.8, 4) is 0 Å². The van der Waals surface area contributed by atoms with E-state index in [-0.39, 0.29) is 21.1 Å². The van der Waals surface area contributed by atoms with E-state index in [1.165, 1.54) is 0 Å². The zero-order valence-corrected chi connectivity index (χ0v) is 10.9. The molecule has 80 valence electrons. The van der Waals surface area contributed by atoms with E-state index in [0.717, 1.165) is 0 Å². The van der Waals surface area contributed by atoms with E-state index in [4.69, 9.17) is 37.3 Å². The number of hydrogen-bond donors (Lipinski definition) is 0. The second-order valence-corrected chi connectivity index (χ2v) is 5.62. The van der Waals surface area contributed by atoms with E-state index in [1.807, 2.05) is 0 Å². The van der Waals surface area contributed by atoms with Gasteiger partial charge in [-0.2, -0.15) is 0 Å². The monoisotopic (exact) mass is 348 g/mol. The molecule has 0 aliphatic rings. The summed E-state index contributed by atoms with van der Waals surface area (Å²) in [5, 5.41) is 0. The molecule has 13 heavy (non-hydrogen) atoms. The van der Waals surface area contributed by atoms with Crippen LogP contribution in [0.25, 0.3) is 0 Å². The Morgan fingerprint density at radius 3 is 0.615 bits per heavy atom. The van der Waals surface area contributed by atoms with Crippen molar-refractivity contribution in [2.75, 3.05) is 0 Å². The normalized spacial score (nSPS) is 10.0. The Morgan fingerprint density at radius 2 is 0.615 bits per heavy atom. The summed E-state index contributed by atoms with van der Waals surface area (Å²) in [6.07, 6.45) is 0. The summed E-state index contributed by atoms with van der Waals surface area (Å²) in [6, 6.07) is 0. The van der Waals surface area contributed by atoms with Gasteiger partial charge in [0.1, 0.15) is 0 Å². The Bertz CT molecular complexity index is 73.3. The van der Waals surface area contributed by atoms with E-state index < -0.39 is 20.5 Å². The van der Waals surface area contributed by atoms with Crippen LogP contribution in [0.5, 0.6) is 0 Å². The molecular weight excluding hydrogens is 342 g/mol. The van der Waals surface area contributed by atoms with Crippen molar-refractivity contribution in [2.45, 2.75) is 9.88 Å². The maximum Gasteiger partial charge on any atom is -0.112 e. The Balaban J connectivity index is -0.000000120. The summed E-state index contributed by atoms with van der Waals surface area (Å²) in [7, 11) is -9.89. The third-order valence-corrected chi connectivity index (χ3v) is 0. The first-order chi connectivity index (χ1) is 5.41. The second-order valence-electron chi connectivity index (χ2n) is 1.26. The van der Waals surface area contributed by atoms with Gasteiger partial charge in [-0.05, 0) is 0 Å². The first-order valence-corrected chi connectivity index (χ1v) is 10.4. The fourth-order valence-electron chi connectivity index (χ4n) is 0. The largest absolute Gasteiger partial charge is 0.222 e. The maximum atomic E-state index is 8.49. The van der Waals surface area contributed by atoms with Crippen LogP contribution in [0.15, 0.2) is 0 Å². The molecule has 0 saturated carbocycles. The quantitative estimate of drug-likeness (QED) is 0.386. The topological polar surface area (TPSA) is 184 Å². The van der Waals surface area contributed by atoms with Gasteiger partial charge in [0.05, 0.1) is 0 Å². The van der Waals surface area contributed by atoms with Crippen LogP contribution in [0.2, 0.25) is 9.88 Å². The third-order valence-electron chi connectivity index (χ3n) is 0. The van der Waals surface area contributed by atoms with E-state index in [2.05, 4.69) is 9.88 Å². The Hall–Kier alpha value is 1.06. The van der Waals surface area contributed by atoms with Gasteiger partial charge < -0.3 is 0 Å². The molecule has 0 fully saturated rings. The molecule has 0 rings (SSSR count). The maximum absolute atomic E-state index is 8.49. The molecule has 11 heteroatoms. The summed E-state index contributed by atoms with van der Waals surface area (Å²) in [6.45, 7) is 0. The van der Waals surface area contributed by atoms with Crippen molar-refractivity contribution in [1.82, 2.24) is 0 Å². The van der Waals surface area contributed by atoms with Crippen molar-refractivity contribution in [3.63, 3.8) is 0 Å². The second kappa shape index (κ2) is 9.61. The standard InChI is InChI=1S/2CH3.2ClHO4.Sn/c;;2*2-1(3,4)5;/h2*1H3;2*(H,2,3,4,5);/q;;;;+2/p-2. The van der Waals surface area contributed by atoms with E-state index in [0.29, 0.717) is 0 Å². The molecular formula is C2H6Cl2O8Sn. The number of rotatable bonds is 0. The predicted molar refractivity (Wildman–Crippen MR) is 17.5 cm³/mol. The Morgan fingerprint density at radius 1 is 0.615 bits per heavy atom. The predicted octanol–water partition coefficient (Wildman–Crippen LogP) is -8.73. The van der Waals surface area contributed by atoms with Crippen LogP contribution in [-0.2, 0) is 0 Å². The van der Waals surface area contributed by atoms with Gasteiger partial charge >= 0.3 is 31.0 Å². The molecule has 0 saturated heterocycles. The van der Waals surface area contributed by atoms with Crippen LogP contribution in [-0.4, -0.2) is 21.1 Å². The molecule has 0 aromatic carbocycles. The first kappa shape index (κ1) is 19.6. The van der Waals surface area contributed by atoms with E-state index in [9.17, 15) is 0 Å². The summed E-state index contributed by atoms with van der Waals surface area (Å²) in [5.74, 6) is 0. The SMILES string of the molecule is [CH3][Sn+2][CH3].[O-][Cl+3]([O-])([O-])[O-].[O-][Cl+3]([O-])([O-])[O-]. The zero-order valence-electron chi connectivity index (χ0n) is 6.52. The summed E-state index contributed by atoms with van der Waals surface area (Å²) in [4.78, 5) is 4.59. The molecule has 0 amide bonds. The van der Waals surface area contributed by atoms with Crippen LogP contribution in [0.3, 0.4) is 0 Å². The van der Waals surface area contributed by atoms with Crippen LogP contribution in [0, 0.1) is 20.5 Å². The van der Waals surface area contributed by atoms with Gasteiger partial charge in [-0.1, -0.05) is 0 Å². The molecule has 0 N–H and O–H groups in total. The van der Waals surface area contributed by atoms with Gasteiger partial charge in [0, 0.05) is 0 Å². The van der Waals surface area contributed by atoms with Crippen LogP contribution >= 0.6 is 0 Å². The van der Waals surface area contributed by atoms with Gasteiger partial charge in [-0.3, -0.25) is 0 Å². The van der Waals surface area contributed by atoms with Gasteiger partial charge in [0.2, 0.25) is 0 Å². The van der Waals surface area contributed by atoms with Crippen LogP contribution in [0.4, 0.5) is 0 Å². The minimum atomic E-state index is -4.94. The fourth-order valence-corrected chi connectivity index (χ4v) is 0. The van der Waals surface area contributed by atoms with E-state index >= 15 is 0 Å². The smallest absolute Gasteiger partial charge is 0.112 e. The van der Waals surface area contributed by atoms with Crippen molar-refractivity contribution in [1.29, 1.82) is 0 Å². The van der Waals surface area contributed by atoms with Crippen molar-refractivity contribution in [3.05, 3.63) is 0 Å². The molecule has 0 heterocycles. The number of hydrogen-bond acceptors (Lipinski definition) is 8. The molecule has 0 radical (unpaired) electrons. The number of halogens is 2. The molecule has 0 spiro atoms. The average Bonchev–Trinajstić information content (AvgIpc) is 1.52. The summed E-state index contributed by atoms with van der Waals surface area (Å²) >= 11 is 0.230. The van der Waals surface area contributed by atoms with Crippen molar-refractivity contribution in [2.24, 2.45) is 0 Å². The molecule has 0 unspecified atom stereocenters. The van der Waals surface area contributed by atoms with Gasteiger partial charge in [0.15, 0.2) is 0 Å². The van der Waals surface area contributed by atoms with E-state index in [1.54, 1.807) is 0 Å². The van der Waals surface area contributed by atoms with Gasteiger partial charge in [-0.15, -0.1) is 20.5 Å². The minimum Gasteiger partial charge on any atom is -0.222 e. The molecule has 8 nitrogen and oxygen atoms in total. The summed E-state index contributed by atoms with van der Waals surface area (Å²) < 4.78 is 67.9. The van der Waals surface area contributed by atoms with Gasteiger partial charge in [0.25, 0.3) is 0 Å². The first-order valence-electron chi connectivity index (χ1n) is 2.23. The van der Waals surface area contributed by atoms with Gasteiger partial charge in [-0.25, -0.2) is 37.3 Å².